The number of nitrogens with zero attached hydrogens (tertiary/aromatic N) is 3. The highest BCUT2D eigenvalue weighted by Crippen LogP contribution is 2.42. The Kier molecular flexibility index (Phi) is 19.2. The first kappa shape index (κ1) is 57.2. The van der Waals surface area contributed by atoms with Crippen molar-refractivity contribution in [2.75, 3.05) is 40.3 Å². The average molecular weight is 1010 g/mol. The summed E-state index contributed by atoms with van der Waals surface area (Å²) in [6, 6.07) is 13.6. The number of carboxylic acids is 1. The fraction of sp³-hybridized carbons (Fsp3) is 0.667. The molecule has 2 aliphatic heterocycles. The van der Waals surface area contributed by atoms with Crippen LogP contribution in [0.3, 0.4) is 0 Å². The zero-order valence-corrected chi connectivity index (χ0v) is 47.1. The largest absolute Gasteiger partial charge is 0.481 e. The van der Waals surface area contributed by atoms with Gasteiger partial charge in [0.1, 0.15) is 11.2 Å². The molecule has 73 heavy (non-hydrogen) atoms. The van der Waals surface area contributed by atoms with Gasteiger partial charge in [-0.15, -0.1) is 0 Å². The first-order valence-corrected chi connectivity index (χ1v) is 27.6. The number of rotatable bonds is 10. The SMILES string of the molecule is CN(CC1CCC(C(=O)O)CC1)C(=O)OC(C)(C)C.Cc1cccc2[nH]c3c(c12)CCN(C(=O)C1CCC(CN(C)C(=O)OC(C)(C)C)CC1)C3CC(C)C.Cc1cccc2[nH]c3c(c12)CCNC3CC(C)C. The molecule has 4 heterocycles. The summed E-state index contributed by atoms with van der Waals surface area (Å²) in [5.74, 6) is 1.53. The van der Waals surface area contributed by atoms with Crippen LogP contribution in [0.5, 0.6) is 0 Å². The molecule has 2 fully saturated rings. The van der Waals surface area contributed by atoms with Gasteiger partial charge in [0.25, 0.3) is 0 Å². The van der Waals surface area contributed by atoms with Gasteiger partial charge < -0.3 is 44.6 Å². The van der Waals surface area contributed by atoms with Gasteiger partial charge in [0.15, 0.2) is 0 Å². The number of hydrogen-bond donors (Lipinski definition) is 4. The van der Waals surface area contributed by atoms with E-state index < -0.39 is 17.2 Å². The van der Waals surface area contributed by atoms with Gasteiger partial charge in [0.05, 0.1) is 12.0 Å². The number of carbonyl (C=O) groups is 4. The summed E-state index contributed by atoms with van der Waals surface area (Å²) >= 11 is 0. The molecule has 0 spiro atoms. The second-order valence-corrected chi connectivity index (χ2v) is 24.8. The Morgan fingerprint density at radius 1 is 0.658 bits per heavy atom. The third-order valence-electron chi connectivity index (χ3n) is 15.3. The molecule has 2 aromatic carbocycles. The molecule has 0 bridgehead atoms. The molecule has 2 saturated carbocycles. The number of ether oxygens (including phenoxy) is 2. The summed E-state index contributed by atoms with van der Waals surface area (Å²) in [6.07, 6.45) is 10.6. The van der Waals surface area contributed by atoms with E-state index >= 15 is 0 Å². The van der Waals surface area contributed by atoms with Crippen molar-refractivity contribution in [2.24, 2.45) is 35.5 Å². The summed E-state index contributed by atoms with van der Waals surface area (Å²) in [6.45, 7) is 27.9. The van der Waals surface area contributed by atoms with E-state index in [-0.39, 0.29) is 30.1 Å². The molecule has 0 radical (unpaired) electrons. The number of carbonyl (C=O) groups excluding carboxylic acids is 3. The number of aromatic amines is 2. The predicted molar refractivity (Wildman–Crippen MR) is 294 cm³/mol. The Bertz CT molecular complexity index is 2490. The minimum Gasteiger partial charge on any atom is -0.481 e. The number of aromatic nitrogens is 2. The first-order valence-electron chi connectivity index (χ1n) is 27.6. The highest BCUT2D eigenvalue weighted by molar-refractivity contribution is 5.90. The second kappa shape index (κ2) is 24.5. The van der Waals surface area contributed by atoms with Crippen LogP contribution in [0.4, 0.5) is 9.59 Å². The van der Waals surface area contributed by atoms with Gasteiger partial charge in [-0.25, -0.2) is 9.59 Å². The summed E-state index contributed by atoms with van der Waals surface area (Å²) in [4.78, 5) is 61.7. The molecule has 2 unspecified atom stereocenters. The van der Waals surface area contributed by atoms with Gasteiger partial charge in [-0.05, 0) is 197 Å². The van der Waals surface area contributed by atoms with Crippen molar-refractivity contribution in [3.05, 3.63) is 70.0 Å². The van der Waals surface area contributed by atoms with Crippen molar-refractivity contribution in [3.63, 3.8) is 0 Å². The van der Waals surface area contributed by atoms with E-state index in [0.717, 1.165) is 76.8 Å². The minimum atomic E-state index is -0.695. The van der Waals surface area contributed by atoms with E-state index in [9.17, 15) is 19.2 Å². The highest BCUT2D eigenvalue weighted by atomic mass is 16.6. The van der Waals surface area contributed by atoms with E-state index in [4.69, 9.17) is 14.6 Å². The zero-order valence-electron chi connectivity index (χ0n) is 47.1. The molecule has 2 aromatic heterocycles. The number of nitrogens with one attached hydrogen (secondary N) is 3. The second-order valence-electron chi connectivity index (χ2n) is 24.8. The molecule has 4 aliphatic rings. The summed E-state index contributed by atoms with van der Waals surface area (Å²) in [5, 5.41) is 15.4. The molecule has 2 aliphatic carbocycles. The van der Waals surface area contributed by atoms with Crippen LogP contribution >= 0.6 is 0 Å². The summed E-state index contributed by atoms with van der Waals surface area (Å²) < 4.78 is 10.8. The Hall–Kier alpha value is -5.04. The molecule has 8 rings (SSSR count). The third kappa shape index (κ3) is 15.3. The fourth-order valence-corrected chi connectivity index (χ4v) is 11.8. The van der Waals surface area contributed by atoms with Crippen molar-refractivity contribution >= 4 is 45.9 Å². The maximum Gasteiger partial charge on any atom is 0.410 e. The maximum atomic E-state index is 13.9. The number of aliphatic carboxylic acids is 1. The van der Waals surface area contributed by atoms with Gasteiger partial charge >= 0.3 is 18.2 Å². The number of amides is 3. The van der Waals surface area contributed by atoms with Crippen molar-refractivity contribution in [1.82, 2.24) is 30.0 Å². The standard InChI is InChI=1S/C30H45N3O3.C16H22N2.C14H25NO4/c1-19(2)17-25-27-23(26-20(3)9-8-10-24(26)31-27)15-16-33(25)28(34)22-13-11-21(12-14-22)18-32(7)29(35)36-30(4,5)6;1-10(2)9-14-16-12(7-8-17-14)15-11(3)5-4-6-13(15)18-16;1-14(2,3)19-13(18)15(4)9-10-5-7-11(8-6-10)12(16)17/h8-10,19,21-22,25,31H,11-18H2,1-7H3;4-6,10,14,17-18H,7-9H2,1-3H3;10-11H,5-9H2,1-4H3,(H,16,17). The molecule has 13 nitrogen and oxygen atoms in total. The van der Waals surface area contributed by atoms with Crippen LogP contribution < -0.4 is 5.32 Å². The lowest BCUT2D eigenvalue weighted by molar-refractivity contribution is -0.143. The van der Waals surface area contributed by atoms with E-state index in [2.05, 4.69) is 98.1 Å². The van der Waals surface area contributed by atoms with Gasteiger partial charge in [0.2, 0.25) is 5.91 Å². The first-order chi connectivity index (χ1) is 34.3. The minimum absolute atomic E-state index is 0.0791. The van der Waals surface area contributed by atoms with Crippen molar-refractivity contribution in [3.8, 4) is 0 Å². The van der Waals surface area contributed by atoms with Gasteiger partial charge in [-0.2, -0.15) is 0 Å². The van der Waals surface area contributed by atoms with E-state index in [1.807, 2.05) is 48.6 Å². The normalized spacial score (nSPS) is 22.1. The lowest BCUT2D eigenvalue weighted by Gasteiger charge is -2.40. The van der Waals surface area contributed by atoms with Crippen LogP contribution in [0.25, 0.3) is 21.8 Å². The Labute approximate surface area is 437 Å². The predicted octanol–water partition coefficient (Wildman–Crippen LogP) is 13.1. The summed E-state index contributed by atoms with van der Waals surface area (Å²) in [7, 11) is 3.55. The Morgan fingerprint density at radius 2 is 1.11 bits per heavy atom. The van der Waals surface area contributed by atoms with Crippen LogP contribution in [0.1, 0.15) is 179 Å². The molecule has 4 N–H and O–H groups in total. The lowest BCUT2D eigenvalue weighted by atomic mass is 9.80. The third-order valence-corrected chi connectivity index (χ3v) is 15.3. The number of fused-ring (bicyclic) bond motifs is 6. The van der Waals surface area contributed by atoms with Gasteiger partial charge in [0, 0.05) is 78.9 Å². The van der Waals surface area contributed by atoms with Crippen molar-refractivity contribution < 1.29 is 33.8 Å². The number of H-pyrrole nitrogens is 2. The van der Waals surface area contributed by atoms with E-state index in [0.29, 0.717) is 55.6 Å². The van der Waals surface area contributed by atoms with Gasteiger partial charge in [-0.3, -0.25) is 9.59 Å². The van der Waals surface area contributed by atoms with Crippen molar-refractivity contribution in [2.45, 2.75) is 183 Å². The topological polar surface area (TPSA) is 160 Å². The molecule has 13 heteroatoms. The summed E-state index contributed by atoms with van der Waals surface area (Å²) in [5.41, 5.74) is 9.87. The Balaban J connectivity index is 0.000000197. The molecule has 2 atom stereocenters. The van der Waals surface area contributed by atoms with Crippen LogP contribution in [0.2, 0.25) is 0 Å². The molecule has 0 saturated heterocycles. The number of aryl methyl sites for hydroxylation is 2. The van der Waals surface area contributed by atoms with Crippen molar-refractivity contribution in [1.29, 1.82) is 0 Å². The molecule has 404 valence electrons. The molecular weight excluding hydrogens is 917 g/mol. The number of carboxylic acid groups (broad SMARTS) is 1. The van der Waals surface area contributed by atoms with E-state index in [1.165, 1.54) is 56.3 Å². The van der Waals surface area contributed by atoms with Crippen LogP contribution in [-0.2, 0) is 31.9 Å². The average Bonchev–Trinajstić information content (AvgIpc) is 3.89. The van der Waals surface area contributed by atoms with Crippen LogP contribution in [0, 0.1) is 49.4 Å². The molecular formula is C60H92N6O7. The molecule has 4 aromatic rings. The van der Waals surface area contributed by atoms with Crippen LogP contribution in [0.15, 0.2) is 36.4 Å². The maximum absolute atomic E-state index is 13.9. The quantitative estimate of drug-likeness (QED) is 0.122. The number of hydrogen-bond acceptors (Lipinski definition) is 7. The van der Waals surface area contributed by atoms with Crippen LogP contribution in [-0.4, -0.2) is 105 Å². The Morgan fingerprint density at radius 3 is 1.56 bits per heavy atom. The lowest BCUT2D eigenvalue weighted by Crippen LogP contribution is -2.45. The smallest absolute Gasteiger partial charge is 0.410 e. The monoisotopic (exact) mass is 1010 g/mol. The van der Waals surface area contributed by atoms with E-state index in [1.54, 1.807) is 22.4 Å². The number of benzene rings is 2. The van der Waals surface area contributed by atoms with Gasteiger partial charge in [-0.1, -0.05) is 52.0 Å². The fourth-order valence-electron chi connectivity index (χ4n) is 11.8. The zero-order chi connectivity index (χ0) is 53.5. The molecule has 3 amide bonds. The highest BCUT2D eigenvalue weighted by Gasteiger charge is 2.39.